The van der Waals surface area contributed by atoms with Gasteiger partial charge in [0.2, 0.25) is 5.91 Å². The zero-order valence-electron chi connectivity index (χ0n) is 22.2. The van der Waals surface area contributed by atoms with Crippen LogP contribution in [0.15, 0.2) is 48.5 Å². The molecule has 0 saturated heterocycles. The van der Waals surface area contributed by atoms with E-state index in [9.17, 15) is 14.7 Å². The third-order valence-corrected chi connectivity index (χ3v) is 7.98. The number of aromatic nitrogens is 1. The van der Waals surface area contributed by atoms with Crippen molar-refractivity contribution in [2.75, 3.05) is 26.7 Å². The monoisotopic (exact) mass is 503 g/mol. The molecule has 1 aliphatic heterocycles. The second-order valence-electron chi connectivity index (χ2n) is 10.8. The number of carbonyl (C=O) groups is 2. The number of aliphatic hydroxyl groups is 1. The molecule has 1 aromatic heterocycles. The van der Waals surface area contributed by atoms with Crippen molar-refractivity contribution < 1.29 is 19.4 Å². The van der Waals surface area contributed by atoms with E-state index >= 15 is 0 Å². The molecule has 0 unspecified atom stereocenters. The molecule has 3 aromatic rings. The lowest BCUT2D eigenvalue weighted by Gasteiger charge is -2.35. The van der Waals surface area contributed by atoms with Crippen molar-refractivity contribution in [3.8, 4) is 11.1 Å². The van der Waals surface area contributed by atoms with Crippen LogP contribution in [0.25, 0.3) is 22.0 Å². The number of amides is 2. The van der Waals surface area contributed by atoms with Crippen molar-refractivity contribution in [2.24, 2.45) is 18.9 Å². The average molecular weight is 504 g/mol. The van der Waals surface area contributed by atoms with Gasteiger partial charge in [0.25, 0.3) is 5.91 Å². The minimum absolute atomic E-state index is 0.0594. The van der Waals surface area contributed by atoms with E-state index in [1.165, 1.54) is 0 Å². The fraction of sp³-hybridized carbons (Fsp3) is 0.467. The summed E-state index contributed by atoms with van der Waals surface area (Å²) in [5.74, 6) is 0.135. The van der Waals surface area contributed by atoms with Gasteiger partial charge in [-0.05, 0) is 37.0 Å². The normalized spacial score (nSPS) is 21.2. The van der Waals surface area contributed by atoms with E-state index in [2.05, 4.69) is 25.1 Å². The molecule has 2 aliphatic rings. The largest absolute Gasteiger partial charge is 0.394 e. The lowest BCUT2D eigenvalue weighted by Crippen LogP contribution is -2.48. The van der Waals surface area contributed by atoms with Crippen molar-refractivity contribution in [3.05, 3.63) is 59.8 Å². The Bertz CT molecular complexity index is 1310. The summed E-state index contributed by atoms with van der Waals surface area (Å²) in [6.45, 7) is 5.05. The Kier molecular flexibility index (Phi) is 7.10. The highest BCUT2D eigenvalue weighted by atomic mass is 16.5. The van der Waals surface area contributed by atoms with Gasteiger partial charge < -0.3 is 24.2 Å². The number of nitrogens with zero attached hydrogens (tertiary/aromatic N) is 3. The minimum Gasteiger partial charge on any atom is -0.394 e. The lowest BCUT2D eigenvalue weighted by molar-refractivity contribution is -0.134. The molecule has 196 valence electrons. The van der Waals surface area contributed by atoms with Gasteiger partial charge in [0.1, 0.15) is 5.69 Å². The number of likely N-dealkylation sites (N-methyl/N-ethyl adjacent to an activating group) is 1. The molecule has 1 fully saturated rings. The van der Waals surface area contributed by atoms with Crippen LogP contribution in [0.3, 0.4) is 0 Å². The molecule has 37 heavy (non-hydrogen) atoms. The molecule has 2 heterocycles. The van der Waals surface area contributed by atoms with E-state index in [1.54, 1.807) is 9.80 Å². The first-order chi connectivity index (χ1) is 17.8. The number of benzene rings is 2. The number of hydrogen-bond acceptors (Lipinski definition) is 4. The Hall–Kier alpha value is -3.16. The molecule has 0 radical (unpaired) electrons. The van der Waals surface area contributed by atoms with Crippen molar-refractivity contribution in [2.45, 2.75) is 45.4 Å². The average Bonchev–Trinajstić information content (AvgIpc) is 3.72. The lowest BCUT2D eigenvalue weighted by atomic mass is 9.96. The second-order valence-corrected chi connectivity index (χ2v) is 10.8. The molecule has 0 spiro atoms. The quantitative estimate of drug-likeness (QED) is 0.570. The zero-order valence-corrected chi connectivity index (χ0v) is 22.2. The third-order valence-electron chi connectivity index (χ3n) is 7.98. The Morgan fingerprint density at radius 2 is 1.86 bits per heavy atom. The van der Waals surface area contributed by atoms with Gasteiger partial charge in [-0.1, -0.05) is 49.4 Å². The highest BCUT2D eigenvalue weighted by Crippen LogP contribution is 2.38. The number of fused-ring (bicyclic) bond motifs is 5. The van der Waals surface area contributed by atoms with E-state index in [-0.39, 0.29) is 42.4 Å². The molecule has 2 amide bonds. The van der Waals surface area contributed by atoms with E-state index in [1.807, 2.05) is 55.9 Å². The second kappa shape index (κ2) is 10.3. The van der Waals surface area contributed by atoms with Gasteiger partial charge in [0, 0.05) is 55.5 Å². The molecule has 7 heteroatoms. The number of aryl methyl sites for hydroxylation is 1. The highest BCUT2D eigenvalue weighted by Gasteiger charge is 2.36. The molecule has 2 aromatic carbocycles. The molecule has 1 aliphatic carbocycles. The Morgan fingerprint density at radius 3 is 2.59 bits per heavy atom. The van der Waals surface area contributed by atoms with Crippen LogP contribution in [-0.4, -0.2) is 70.2 Å². The van der Waals surface area contributed by atoms with Crippen LogP contribution in [0.2, 0.25) is 0 Å². The Balaban J connectivity index is 1.63. The molecule has 3 atom stereocenters. The van der Waals surface area contributed by atoms with Crippen LogP contribution < -0.4 is 0 Å². The standard InChI is InChI=1S/C30H37N3O4/c1-19-15-33(20(2)17-34)30(36)28-27(24-11-7-8-12-25(24)32(28)4)23-10-6-5-9-22(23)18-37-26(19)16-31(3)29(35)21-13-14-21/h5-12,19-21,26,34H,13-18H2,1-4H3/t19-,20+,26-/m1/s1. The van der Waals surface area contributed by atoms with Crippen LogP contribution >= 0.6 is 0 Å². The van der Waals surface area contributed by atoms with Gasteiger partial charge in [0.15, 0.2) is 0 Å². The van der Waals surface area contributed by atoms with Crippen LogP contribution in [0.1, 0.15) is 42.7 Å². The number of hydrogen-bond donors (Lipinski definition) is 1. The molecule has 1 N–H and O–H groups in total. The molecule has 7 nitrogen and oxygen atoms in total. The molecular formula is C30H37N3O4. The first kappa shape index (κ1) is 25.5. The summed E-state index contributed by atoms with van der Waals surface area (Å²) in [7, 11) is 3.78. The van der Waals surface area contributed by atoms with Crippen molar-refractivity contribution in [1.82, 2.24) is 14.4 Å². The van der Waals surface area contributed by atoms with Crippen LogP contribution in [0, 0.1) is 11.8 Å². The maximum atomic E-state index is 14.3. The van der Waals surface area contributed by atoms with Crippen molar-refractivity contribution in [3.63, 3.8) is 0 Å². The van der Waals surface area contributed by atoms with E-state index in [4.69, 9.17) is 4.74 Å². The predicted octanol–water partition coefficient (Wildman–Crippen LogP) is 4.07. The molecule has 0 bridgehead atoms. The Morgan fingerprint density at radius 1 is 1.16 bits per heavy atom. The van der Waals surface area contributed by atoms with Crippen molar-refractivity contribution in [1.29, 1.82) is 0 Å². The number of ether oxygens (including phenoxy) is 1. The van der Waals surface area contributed by atoms with Gasteiger partial charge in [0.05, 0.1) is 25.4 Å². The minimum atomic E-state index is -0.372. The molecular weight excluding hydrogens is 466 g/mol. The van der Waals surface area contributed by atoms with E-state index in [0.29, 0.717) is 25.4 Å². The topological polar surface area (TPSA) is 75.0 Å². The maximum Gasteiger partial charge on any atom is 0.271 e. The van der Waals surface area contributed by atoms with Crippen molar-refractivity contribution >= 4 is 22.7 Å². The fourth-order valence-corrected chi connectivity index (χ4v) is 5.53. The SMILES string of the molecule is C[C@@H]1CN([C@@H](C)CO)C(=O)c2c(c3ccccc3n2C)-c2ccccc2CO[C@@H]1CN(C)C(=O)C1CC1. The third kappa shape index (κ3) is 4.78. The van der Waals surface area contributed by atoms with Gasteiger partial charge >= 0.3 is 0 Å². The number of carbonyl (C=O) groups excluding carboxylic acids is 2. The van der Waals surface area contributed by atoms with Gasteiger partial charge in [-0.25, -0.2) is 0 Å². The highest BCUT2D eigenvalue weighted by molar-refractivity contribution is 6.10. The Labute approximate surface area is 218 Å². The number of aliphatic hydroxyl groups excluding tert-OH is 1. The zero-order chi connectivity index (χ0) is 26.3. The first-order valence-electron chi connectivity index (χ1n) is 13.3. The molecule has 1 saturated carbocycles. The van der Waals surface area contributed by atoms with Gasteiger partial charge in [-0.2, -0.15) is 0 Å². The van der Waals surface area contributed by atoms with Gasteiger partial charge in [-0.3, -0.25) is 9.59 Å². The van der Waals surface area contributed by atoms with E-state index in [0.717, 1.165) is 40.4 Å². The van der Waals surface area contributed by atoms with Gasteiger partial charge in [-0.15, -0.1) is 0 Å². The summed E-state index contributed by atoms with van der Waals surface area (Å²) in [6, 6.07) is 15.8. The summed E-state index contributed by atoms with van der Waals surface area (Å²) in [5, 5.41) is 11.1. The predicted molar refractivity (Wildman–Crippen MR) is 144 cm³/mol. The summed E-state index contributed by atoms with van der Waals surface area (Å²) in [6.07, 6.45) is 1.65. The maximum absolute atomic E-state index is 14.3. The summed E-state index contributed by atoms with van der Waals surface area (Å²) in [4.78, 5) is 30.6. The number of para-hydroxylation sites is 1. The van der Waals surface area contributed by atoms with Crippen LogP contribution in [0.4, 0.5) is 0 Å². The van der Waals surface area contributed by atoms with Crippen LogP contribution in [-0.2, 0) is 23.2 Å². The fourth-order valence-electron chi connectivity index (χ4n) is 5.53. The first-order valence-corrected chi connectivity index (χ1v) is 13.3. The summed E-state index contributed by atoms with van der Waals surface area (Å²) in [5.41, 5.74) is 4.46. The summed E-state index contributed by atoms with van der Waals surface area (Å²) >= 11 is 0. The smallest absolute Gasteiger partial charge is 0.271 e. The molecule has 5 rings (SSSR count). The number of rotatable bonds is 5. The summed E-state index contributed by atoms with van der Waals surface area (Å²) < 4.78 is 8.54. The van der Waals surface area contributed by atoms with Crippen LogP contribution in [0.5, 0.6) is 0 Å². The van der Waals surface area contributed by atoms with E-state index < -0.39 is 0 Å².